The highest BCUT2D eigenvalue weighted by Crippen LogP contribution is 2.34. The Bertz CT molecular complexity index is 1040. The number of nitrogens with two attached hydrogens (primary N) is 1. The maximum Gasteiger partial charge on any atom is 0.410 e. The second kappa shape index (κ2) is 7.75. The third-order valence-electron chi connectivity index (χ3n) is 5.35. The first-order chi connectivity index (χ1) is 14.3. The molecule has 4 N–H and O–H groups in total. The number of nitrogens with one attached hydrogen (secondary N) is 1. The van der Waals surface area contributed by atoms with Crippen molar-refractivity contribution in [3.8, 4) is 0 Å². The lowest BCUT2D eigenvalue weighted by molar-refractivity contribution is 0.00690. The van der Waals surface area contributed by atoms with E-state index in [0.717, 1.165) is 0 Å². The molecule has 168 valence electrons. The molecular formula is C21H29N5O5. The highest BCUT2D eigenvalue weighted by Gasteiger charge is 2.39. The summed E-state index contributed by atoms with van der Waals surface area (Å²) in [7, 11) is 0. The standard InChI is InChI=1S/C21H29N5O5/c1-20(2,3)31-19(30)25-7-6-15(21(4,5)11-25)24-16-13(17(22)27)9-23-26-10-12(18(28)29)8-14(16)26/h8-10,15,24H,6-7,11H2,1-5H3,(H2,22,27)(H,28,29). The lowest BCUT2D eigenvalue weighted by Crippen LogP contribution is -2.54. The van der Waals surface area contributed by atoms with Gasteiger partial charge < -0.3 is 25.8 Å². The Morgan fingerprint density at radius 3 is 2.55 bits per heavy atom. The predicted molar refractivity (Wildman–Crippen MR) is 114 cm³/mol. The van der Waals surface area contributed by atoms with Crippen molar-refractivity contribution < 1.29 is 24.2 Å². The molecule has 0 aromatic carbocycles. The topological polar surface area (TPSA) is 139 Å². The van der Waals surface area contributed by atoms with Crippen LogP contribution < -0.4 is 11.1 Å². The number of anilines is 1. The van der Waals surface area contributed by atoms with Crippen LogP contribution in [0.25, 0.3) is 5.52 Å². The average molecular weight is 431 g/mol. The molecular weight excluding hydrogens is 402 g/mol. The van der Waals surface area contributed by atoms with Gasteiger partial charge in [-0.2, -0.15) is 5.10 Å². The van der Waals surface area contributed by atoms with Crippen LogP contribution in [0.5, 0.6) is 0 Å². The van der Waals surface area contributed by atoms with Crippen molar-refractivity contribution in [1.82, 2.24) is 14.5 Å². The van der Waals surface area contributed by atoms with Gasteiger partial charge in [0.2, 0.25) is 0 Å². The first-order valence-electron chi connectivity index (χ1n) is 10.1. The van der Waals surface area contributed by atoms with Gasteiger partial charge in [0.25, 0.3) is 5.91 Å². The summed E-state index contributed by atoms with van der Waals surface area (Å²) in [5, 5.41) is 16.8. The number of hydrogen-bond donors (Lipinski definition) is 3. The Kier molecular flexibility index (Phi) is 5.60. The molecule has 1 unspecified atom stereocenters. The van der Waals surface area contributed by atoms with Gasteiger partial charge in [-0.1, -0.05) is 13.8 Å². The van der Waals surface area contributed by atoms with Crippen molar-refractivity contribution in [2.75, 3.05) is 18.4 Å². The Morgan fingerprint density at radius 1 is 1.32 bits per heavy atom. The third kappa shape index (κ3) is 4.73. The number of primary amides is 1. The van der Waals surface area contributed by atoms with Crippen LogP contribution in [-0.2, 0) is 4.74 Å². The monoisotopic (exact) mass is 431 g/mol. The molecule has 0 bridgehead atoms. The molecule has 10 heteroatoms. The molecule has 31 heavy (non-hydrogen) atoms. The number of amides is 2. The number of carbonyl (C=O) groups is 3. The van der Waals surface area contributed by atoms with Gasteiger partial charge in [0.15, 0.2) is 0 Å². The minimum atomic E-state index is -1.09. The molecule has 3 rings (SSSR count). The van der Waals surface area contributed by atoms with Crippen molar-refractivity contribution >= 4 is 29.2 Å². The largest absolute Gasteiger partial charge is 0.478 e. The fraction of sp³-hybridized carbons (Fsp3) is 0.524. The van der Waals surface area contributed by atoms with Crippen LogP contribution in [-0.4, -0.2) is 62.3 Å². The summed E-state index contributed by atoms with van der Waals surface area (Å²) in [5.74, 6) is -1.76. The number of aromatic nitrogens is 2. The summed E-state index contributed by atoms with van der Waals surface area (Å²) in [6.45, 7) is 10.4. The van der Waals surface area contributed by atoms with Crippen LogP contribution in [0.2, 0.25) is 0 Å². The summed E-state index contributed by atoms with van der Waals surface area (Å²) in [4.78, 5) is 37.6. The summed E-state index contributed by atoms with van der Waals surface area (Å²) in [6, 6.07) is 1.34. The number of hydrogen-bond acceptors (Lipinski definition) is 6. The van der Waals surface area contributed by atoms with Crippen LogP contribution in [0.1, 0.15) is 61.8 Å². The van der Waals surface area contributed by atoms with E-state index in [1.807, 2.05) is 34.6 Å². The smallest absolute Gasteiger partial charge is 0.410 e. The number of carboxylic acid groups (broad SMARTS) is 1. The minimum Gasteiger partial charge on any atom is -0.478 e. The quantitative estimate of drug-likeness (QED) is 0.676. The SMILES string of the molecule is CC(C)(C)OC(=O)N1CCC(Nc2c(C(N)=O)cnn3cc(C(=O)O)cc23)C(C)(C)C1. The molecule has 1 saturated heterocycles. The number of aromatic carboxylic acids is 1. The number of ether oxygens (including phenoxy) is 1. The highest BCUT2D eigenvalue weighted by atomic mass is 16.6. The Hall–Kier alpha value is -3.30. The van der Waals surface area contributed by atoms with E-state index in [4.69, 9.17) is 10.5 Å². The molecule has 3 heterocycles. The van der Waals surface area contributed by atoms with Gasteiger partial charge in [-0.25, -0.2) is 14.1 Å². The summed E-state index contributed by atoms with van der Waals surface area (Å²) < 4.78 is 6.90. The van der Waals surface area contributed by atoms with Gasteiger partial charge in [0.05, 0.1) is 28.5 Å². The second-order valence-corrected chi connectivity index (χ2v) is 9.54. The molecule has 2 aromatic rings. The van der Waals surface area contributed by atoms with Crippen molar-refractivity contribution in [2.45, 2.75) is 52.7 Å². The van der Waals surface area contributed by atoms with Gasteiger partial charge in [0, 0.05) is 30.7 Å². The van der Waals surface area contributed by atoms with Crippen molar-refractivity contribution in [3.63, 3.8) is 0 Å². The van der Waals surface area contributed by atoms with Crippen LogP contribution in [0.15, 0.2) is 18.5 Å². The van der Waals surface area contributed by atoms with E-state index in [-0.39, 0.29) is 28.7 Å². The normalized spacial score (nSPS) is 18.6. The fourth-order valence-electron chi connectivity index (χ4n) is 3.79. The van der Waals surface area contributed by atoms with Crippen LogP contribution >= 0.6 is 0 Å². The zero-order valence-corrected chi connectivity index (χ0v) is 18.4. The summed E-state index contributed by atoms with van der Waals surface area (Å²) >= 11 is 0. The van der Waals surface area contributed by atoms with Crippen LogP contribution in [0.3, 0.4) is 0 Å². The molecule has 0 spiro atoms. The molecule has 1 aliphatic rings. The highest BCUT2D eigenvalue weighted by molar-refractivity contribution is 6.03. The number of rotatable bonds is 4. The Labute approximate surface area is 180 Å². The van der Waals surface area contributed by atoms with Gasteiger partial charge >= 0.3 is 12.1 Å². The third-order valence-corrected chi connectivity index (χ3v) is 5.35. The number of piperidine rings is 1. The van der Waals surface area contributed by atoms with Crippen molar-refractivity contribution in [2.24, 2.45) is 11.1 Å². The van der Waals surface area contributed by atoms with Gasteiger partial charge in [0.1, 0.15) is 5.60 Å². The van der Waals surface area contributed by atoms with E-state index in [0.29, 0.717) is 30.7 Å². The van der Waals surface area contributed by atoms with E-state index < -0.39 is 17.5 Å². The molecule has 2 aromatic heterocycles. The van der Waals surface area contributed by atoms with E-state index in [1.165, 1.54) is 23.0 Å². The van der Waals surface area contributed by atoms with E-state index in [1.54, 1.807) is 4.90 Å². The second-order valence-electron chi connectivity index (χ2n) is 9.54. The minimum absolute atomic E-state index is 0.0520. The number of carbonyl (C=O) groups excluding carboxylic acids is 2. The Morgan fingerprint density at radius 2 is 2.00 bits per heavy atom. The molecule has 1 fully saturated rings. The Balaban J connectivity index is 1.90. The zero-order chi connectivity index (χ0) is 23.1. The summed E-state index contributed by atoms with van der Waals surface area (Å²) in [6.07, 6.45) is 2.95. The van der Waals surface area contributed by atoms with Gasteiger partial charge in [-0.3, -0.25) is 4.79 Å². The molecule has 1 aliphatic heterocycles. The molecule has 0 aliphatic carbocycles. The van der Waals surface area contributed by atoms with E-state index in [9.17, 15) is 19.5 Å². The molecule has 1 atom stereocenters. The lowest BCUT2D eigenvalue weighted by atomic mass is 9.79. The molecule has 0 saturated carbocycles. The van der Waals surface area contributed by atoms with E-state index >= 15 is 0 Å². The molecule has 0 radical (unpaired) electrons. The maximum atomic E-state index is 12.5. The number of nitrogens with zero attached hydrogens (tertiary/aromatic N) is 3. The van der Waals surface area contributed by atoms with E-state index in [2.05, 4.69) is 10.4 Å². The lowest BCUT2D eigenvalue weighted by Gasteiger charge is -2.45. The van der Waals surface area contributed by atoms with Crippen LogP contribution in [0, 0.1) is 5.41 Å². The van der Waals surface area contributed by atoms with Crippen molar-refractivity contribution in [3.05, 3.63) is 29.6 Å². The summed E-state index contributed by atoms with van der Waals surface area (Å²) in [5.41, 5.74) is 5.70. The number of fused-ring (bicyclic) bond motifs is 1. The fourth-order valence-corrected chi connectivity index (χ4v) is 3.79. The number of carboxylic acids is 1. The van der Waals surface area contributed by atoms with Crippen LogP contribution in [0.4, 0.5) is 10.5 Å². The molecule has 2 amide bonds. The number of likely N-dealkylation sites (tertiary alicyclic amines) is 1. The van der Waals surface area contributed by atoms with Gasteiger partial charge in [-0.05, 0) is 33.3 Å². The first-order valence-corrected chi connectivity index (χ1v) is 10.1. The molecule has 10 nitrogen and oxygen atoms in total. The zero-order valence-electron chi connectivity index (χ0n) is 18.4. The maximum absolute atomic E-state index is 12.5. The predicted octanol–water partition coefficient (Wildman–Crippen LogP) is 2.58. The first kappa shape index (κ1) is 22.4. The van der Waals surface area contributed by atoms with Gasteiger partial charge in [-0.15, -0.1) is 0 Å². The van der Waals surface area contributed by atoms with Crippen molar-refractivity contribution in [1.29, 1.82) is 0 Å². The average Bonchev–Trinajstić information content (AvgIpc) is 3.06.